The van der Waals surface area contributed by atoms with Gasteiger partial charge in [-0.2, -0.15) is 5.26 Å². The number of thiophene rings is 1. The summed E-state index contributed by atoms with van der Waals surface area (Å²) in [6, 6.07) is 6.83. The topological polar surface area (TPSA) is 94.0 Å². The summed E-state index contributed by atoms with van der Waals surface area (Å²) in [4.78, 5) is 25.1. The Morgan fingerprint density at radius 1 is 1.21 bits per heavy atom. The van der Waals surface area contributed by atoms with Gasteiger partial charge in [0, 0.05) is 17.5 Å². The fraction of sp³-hybridized carbons (Fsp3) is 0.381. The molecule has 1 aliphatic rings. The first-order valence-corrected chi connectivity index (χ1v) is 10.8. The first-order chi connectivity index (χ1) is 13.9. The van der Waals surface area contributed by atoms with Gasteiger partial charge < -0.3 is 16.0 Å². The third kappa shape index (κ3) is 5.08. The molecule has 152 valence electrons. The van der Waals surface area contributed by atoms with E-state index >= 15 is 0 Å². The van der Waals surface area contributed by atoms with Crippen LogP contribution < -0.4 is 16.0 Å². The molecule has 0 fully saturated rings. The maximum atomic E-state index is 12.7. The lowest BCUT2D eigenvalue weighted by Crippen LogP contribution is -2.31. The third-order valence-corrected chi connectivity index (χ3v) is 6.35. The summed E-state index contributed by atoms with van der Waals surface area (Å²) in [7, 11) is 0. The van der Waals surface area contributed by atoms with Crippen molar-refractivity contribution in [1.29, 1.82) is 5.26 Å². The lowest BCUT2D eigenvalue weighted by Gasteiger charge is -2.16. The van der Waals surface area contributed by atoms with Gasteiger partial charge in [-0.15, -0.1) is 11.3 Å². The smallest absolute Gasteiger partial charge is 0.247 e. The maximum Gasteiger partial charge on any atom is 0.247 e. The third-order valence-electron chi connectivity index (χ3n) is 4.83. The summed E-state index contributed by atoms with van der Waals surface area (Å²) >= 11 is 7.71. The average molecular weight is 431 g/mol. The average Bonchev–Trinajstić information content (AvgIpc) is 2.83. The molecule has 2 amide bonds. The number of anilines is 3. The standard InChI is InChI=1S/C21H23ClN4O2S/c1-12(24-14-8-9-18(17(22)10-14)25-13(2)27)20(28)26-21-16(11-23)15-6-4-3-5-7-19(15)29-21/h8-10,12,24H,3-7H2,1-2H3,(H,25,27)(H,26,28). The summed E-state index contributed by atoms with van der Waals surface area (Å²) in [5.74, 6) is -0.428. The fourth-order valence-electron chi connectivity index (χ4n) is 3.38. The number of halogens is 1. The minimum atomic E-state index is -0.536. The van der Waals surface area contributed by atoms with E-state index in [2.05, 4.69) is 22.0 Å². The summed E-state index contributed by atoms with van der Waals surface area (Å²) in [6.07, 6.45) is 5.26. The van der Waals surface area contributed by atoms with Crippen LogP contribution in [-0.4, -0.2) is 17.9 Å². The van der Waals surface area contributed by atoms with Crippen LogP contribution >= 0.6 is 22.9 Å². The number of carbonyl (C=O) groups is 2. The van der Waals surface area contributed by atoms with Gasteiger partial charge in [-0.05, 0) is 56.4 Å². The number of fused-ring (bicyclic) bond motifs is 1. The minimum Gasteiger partial charge on any atom is -0.374 e. The highest BCUT2D eigenvalue weighted by molar-refractivity contribution is 7.16. The first-order valence-electron chi connectivity index (χ1n) is 9.58. The van der Waals surface area contributed by atoms with Gasteiger partial charge in [-0.3, -0.25) is 9.59 Å². The van der Waals surface area contributed by atoms with Crippen molar-refractivity contribution >= 4 is 51.1 Å². The van der Waals surface area contributed by atoms with E-state index in [-0.39, 0.29) is 11.8 Å². The van der Waals surface area contributed by atoms with Crippen LogP contribution in [-0.2, 0) is 22.4 Å². The number of hydrogen-bond acceptors (Lipinski definition) is 5. The van der Waals surface area contributed by atoms with E-state index < -0.39 is 6.04 Å². The van der Waals surface area contributed by atoms with Crippen molar-refractivity contribution in [2.75, 3.05) is 16.0 Å². The van der Waals surface area contributed by atoms with Gasteiger partial charge in [0.15, 0.2) is 0 Å². The zero-order valence-electron chi connectivity index (χ0n) is 16.4. The summed E-state index contributed by atoms with van der Waals surface area (Å²) < 4.78 is 0. The Kier molecular flexibility index (Phi) is 6.78. The number of rotatable bonds is 5. The predicted octanol–water partition coefficient (Wildman–Crippen LogP) is 4.94. The molecule has 8 heteroatoms. The molecule has 1 unspecified atom stereocenters. The van der Waals surface area contributed by atoms with Gasteiger partial charge >= 0.3 is 0 Å². The van der Waals surface area contributed by atoms with Crippen LogP contribution in [0.25, 0.3) is 0 Å². The van der Waals surface area contributed by atoms with Gasteiger partial charge in [0.25, 0.3) is 0 Å². The molecule has 1 aliphatic carbocycles. The van der Waals surface area contributed by atoms with Crippen LogP contribution in [0.1, 0.15) is 49.1 Å². The molecule has 1 atom stereocenters. The Morgan fingerprint density at radius 2 is 1.97 bits per heavy atom. The van der Waals surface area contributed by atoms with Gasteiger partial charge in [0.05, 0.1) is 16.3 Å². The van der Waals surface area contributed by atoms with Crippen molar-refractivity contribution in [3.05, 3.63) is 39.2 Å². The van der Waals surface area contributed by atoms with Crippen molar-refractivity contribution in [1.82, 2.24) is 0 Å². The molecule has 0 radical (unpaired) electrons. The van der Waals surface area contributed by atoms with Crippen LogP contribution in [0, 0.1) is 11.3 Å². The Labute approximate surface area is 179 Å². The summed E-state index contributed by atoms with van der Waals surface area (Å²) in [5.41, 5.74) is 2.89. The normalized spacial score (nSPS) is 14.1. The Balaban J connectivity index is 1.69. The molecule has 0 saturated heterocycles. The van der Waals surface area contributed by atoms with Gasteiger partial charge in [0.1, 0.15) is 17.1 Å². The molecule has 1 aromatic carbocycles. The number of nitrogens with one attached hydrogen (secondary N) is 3. The molecule has 29 heavy (non-hydrogen) atoms. The molecular formula is C21H23ClN4O2S. The Morgan fingerprint density at radius 3 is 2.66 bits per heavy atom. The van der Waals surface area contributed by atoms with Crippen LogP contribution in [0.5, 0.6) is 0 Å². The second-order valence-electron chi connectivity index (χ2n) is 7.11. The second kappa shape index (κ2) is 9.29. The van der Waals surface area contributed by atoms with E-state index in [0.29, 0.717) is 27.0 Å². The molecule has 1 heterocycles. The monoisotopic (exact) mass is 430 g/mol. The number of nitrogens with zero attached hydrogens (tertiary/aromatic N) is 1. The largest absolute Gasteiger partial charge is 0.374 e. The number of benzene rings is 1. The molecule has 3 rings (SSSR count). The number of amides is 2. The predicted molar refractivity (Wildman–Crippen MR) is 118 cm³/mol. The first kappa shape index (κ1) is 21.2. The SMILES string of the molecule is CC(=O)Nc1ccc(NC(C)C(=O)Nc2sc3c(c2C#N)CCCCC3)cc1Cl. The zero-order chi connectivity index (χ0) is 21.0. The fourth-order valence-corrected chi connectivity index (χ4v) is 4.85. The highest BCUT2D eigenvalue weighted by atomic mass is 35.5. The van der Waals surface area contributed by atoms with Crippen molar-refractivity contribution in [2.24, 2.45) is 0 Å². The number of aryl methyl sites for hydroxylation is 1. The van der Waals surface area contributed by atoms with E-state index in [1.165, 1.54) is 29.6 Å². The number of nitriles is 1. The molecule has 2 aromatic rings. The van der Waals surface area contributed by atoms with E-state index in [4.69, 9.17) is 11.6 Å². The van der Waals surface area contributed by atoms with Crippen molar-refractivity contribution in [2.45, 2.75) is 52.0 Å². The van der Waals surface area contributed by atoms with Gasteiger partial charge in [-0.25, -0.2) is 0 Å². The van der Waals surface area contributed by atoms with E-state index in [1.807, 2.05) is 0 Å². The van der Waals surface area contributed by atoms with Crippen molar-refractivity contribution in [3.63, 3.8) is 0 Å². The van der Waals surface area contributed by atoms with Crippen LogP contribution in [0.15, 0.2) is 18.2 Å². The van der Waals surface area contributed by atoms with E-state index in [1.54, 1.807) is 25.1 Å². The zero-order valence-corrected chi connectivity index (χ0v) is 18.0. The van der Waals surface area contributed by atoms with Gasteiger partial charge in [0.2, 0.25) is 11.8 Å². The highest BCUT2D eigenvalue weighted by Crippen LogP contribution is 2.37. The lowest BCUT2D eigenvalue weighted by atomic mass is 10.1. The summed E-state index contributed by atoms with van der Waals surface area (Å²) in [5, 5.41) is 19.3. The molecule has 1 aromatic heterocycles. The molecule has 0 bridgehead atoms. The van der Waals surface area contributed by atoms with E-state index in [9.17, 15) is 14.9 Å². The van der Waals surface area contributed by atoms with Crippen LogP contribution in [0.4, 0.5) is 16.4 Å². The quantitative estimate of drug-likeness (QED) is 0.585. The van der Waals surface area contributed by atoms with Gasteiger partial charge in [-0.1, -0.05) is 18.0 Å². The van der Waals surface area contributed by atoms with Crippen LogP contribution in [0.2, 0.25) is 5.02 Å². The molecule has 0 saturated carbocycles. The number of carbonyl (C=O) groups excluding carboxylic acids is 2. The maximum absolute atomic E-state index is 12.7. The van der Waals surface area contributed by atoms with Crippen LogP contribution in [0.3, 0.4) is 0 Å². The highest BCUT2D eigenvalue weighted by Gasteiger charge is 2.22. The summed E-state index contributed by atoms with van der Waals surface area (Å²) in [6.45, 7) is 3.16. The lowest BCUT2D eigenvalue weighted by molar-refractivity contribution is -0.116. The molecule has 6 nitrogen and oxygen atoms in total. The molecule has 0 aliphatic heterocycles. The molecule has 3 N–H and O–H groups in total. The Hall–Kier alpha value is -2.56. The Bertz CT molecular complexity index is 980. The molecule has 0 spiro atoms. The van der Waals surface area contributed by atoms with E-state index in [0.717, 1.165) is 31.2 Å². The second-order valence-corrected chi connectivity index (χ2v) is 8.62. The minimum absolute atomic E-state index is 0.206. The van der Waals surface area contributed by atoms with Crippen molar-refractivity contribution in [3.8, 4) is 6.07 Å². The molecular weight excluding hydrogens is 408 g/mol. The van der Waals surface area contributed by atoms with Crippen molar-refractivity contribution < 1.29 is 9.59 Å². The number of hydrogen-bond donors (Lipinski definition) is 3.